The maximum Gasteiger partial charge on any atom is 0.306 e. The Morgan fingerprint density at radius 1 is 1.32 bits per heavy atom. The standard InChI is InChI=1S/C23H30N4O4/c1-15(2)23(5,14-24)25-21(28)13-31-22(29)11-10-20-16(3)26-27(17(20)4)18-8-7-9-19(12-18)30-6/h7-9,12,15H,10-11,13H2,1-6H3,(H,25,28)/t23-/m0/s1. The number of hydrogen-bond acceptors (Lipinski definition) is 6. The highest BCUT2D eigenvalue weighted by molar-refractivity contribution is 5.81. The number of carbonyl (C=O) groups excluding carboxylic acids is 2. The molecule has 31 heavy (non-hydrogen) atoms. The Morgan fingerprint density at radius 2 is 2.03 bits per heavy atom. The molecule has 1 amide bonds. The van der Waals surface area contributed by atoms with Gasteiger partial charge in [-0.2, -0.15) is 10.4 Å². The van der Waals surface area contributed by atoms with Gasteiger partial charge in [0, 0.05) is 18.2 Å². The summed E-state index contributed by atoms with van der Waals surface area (Å²) >= 11 is 0. The smallest absolute Gasteiger partial charge is 0.306 e. The van der Waals surface area contributed by atoms with Gasteiger partial charge in [0.1, 0.15) is 11.3 Å². The zero-order valence-electron chi connectivity index (χ0n) is 19.0. The number of rotatable bonds is 9. The Balaban J connectivity index is 1.96. The molecular weight excluding hydrogens is 396 g/mol. The number of methoxy groups -OCH3 is 1. The van der Waals surface area contributed by atoms with E-state index >= 15 is 0 Å². The van der Waals surface area contributed by atoms with Crippen molar-refractivity contribution in [2.24, 2.45) is 5.92 Å². The van der Waals surface area contributed by atoms with Crippen LogP contribution in [0.1, 0.15) is 44.1 Å². The fraction of sp³-hybridized carbons (Fsp3) is 0.478. The van der Waals surface area contributed by atoms with E-state index in [2.05, 4.69) is 16.5 Å². The summed E-state index contributed by atoms with van der Waals surface area (Å²) in [5, 5.41) is 16.5. The number of esters is 1. The number of carbonyl (C=O) groups is 2. The van der Waals surface area contributed by atoms with Crippen molar-refractivity contribution in [3.63, 3.8) is 0 Å². The highest BCUT2D eigenvalue weighted by Gasteiger charge is 2.30. The predicted octanol–water partition coefficient (Wildman–Crippen LogP) is 3.03. The van der Waals surface area contributed by atoms with Gasteiger partial charge in [-0.3, -0.25) is 9.59 Å². The third-order valence-electron chi connectivity index (χ3n) is 5.47. The lowest BCUT2D eigenvalue weighted by Gasteiger charge is -2.27. The lowest BCUT2D eigenvalue weighted by atomic mass is 9.90. The summed E-state index contributed by atoms with van der Waals surface area (Å²) in [6, 6.07) is 9.67. The summed E-state index contributed by atoms with van der Waals surface area (Å²) in [5.41, 5.74) is 2.58. The van der Waals surface area contributed by atoms with Gasteiger partial charge in [0.2, 0.25) is 0 Å². The molecule has 0 aliphatic carbocycles. The first kappa shape index (κ1) is 23.9. The third kappa shape index (κ3) is 5.85. The number of aryl methyl sites for hydroxylation is 1. The number of nitriles is 1. The SMILES string of the molecule is COc1cccc(-n2nc(C)c(CCC(=O)OCC(=O)N[C@@](C)(C#N)C(C)C)c2C)c1. The van der Waals surface area contributed by atoms with Gasteiger partial charge in [-0.25, -0.2) is 4.68 Å². The van der Waals surface area contributed by atoms with Crippen LogP contribution >= 0.6 is 0 Å². The number of amides is 1. The molecule has 1 aromatic carbocycles. The number of aromatic nitrogens is 2. The van der Waals surface area contributed by atoms with Gasteiger partial charge < -0.3 is 14.8 Å². The maximum atomic E-state index is 12.2. The summed E-state index contributed by atoms with van der Waals surface area (Å²) in [4.78, 5) is 24.2. The van der Waals surface area contributed by atoms with Gasteiger partial charge in [-0.05, 0) is 50.8 Å². The van der Waals surface area contributed by atoms with Gasteiger partial charge in [0.15, 0.2) is 6.61 Å². The van der Waals surface area contributed by atoms with E-state index in [1.165, 1.54) is 0 Å². The van der Waals surface area contributed by atoms with Crippen LogP contribution < -0.4 is 10.1 Å². The average molecular weight is 427 g/mol. The van der Waals surface area contributed by atoms with Crippen molar-refractivity contribution in [1.29, 1.82) is 5.26 Å². The molecule has 0 aliphatic rings. The average Bonchev–Trinajstić information content (AvgIpc) is 3.03. The number of nitrogens with zero attached hydrogens (tertiary/aromatic N) is 3. The first-order valence-electron chi connectivity index (χ1n) is 10.2. The van der Waals surface area contributed by atoms with Crippen LogP contribution in [0.4, 0.5) is 0 Å². The summed E-state index contributed by atoms with van der Waals surface area (Å²) < 4.78 is 12.2. The molecule has 8 heteroatoms. The molecule has 0 fully saturated rings. The van der Waals surface area contributed by atoms with Crippen LogP contribution in [0.15, 0.2) is 24.3 Å². The minimum atomic E-state index is -1.01. The number of hydrogen-bond donors (Lipinski definition) is 1. The molecule has 0 bridgehead atoms. The quantitative estimate of drug-likeness (QED) is 0.618. The Hall–Kier alpha value is -3.34. The van der Waals surface area contributed by atoms with Crippen molar-refractivity contribution >= 4 is 11.9 Å². The van der Waals surface area contributed by atoms with Gasteiger partial charge in [0.25, 0.3) is 5.91 Å². The van der Waals surface area contributed by atoms with Crippen molar-refractivity contribution < 1.29 is 19.1 Å². The molecule has 1 atom stereocenters. The van der Waals surface area contributed by atoms with Gasteiger partial charge in [-0.1, -0.05) is 19.9 Å². The van der Waals surface area contributed by atoms with Crippen molar-refractivity contribution in [3.8, 4) is 17.5 Å². The largest absolute Gasteiger partial charge is 0.497 e. The van der Waals surface area contributed by atoms with E-state index in [0.29, 0.717) is 6.42 Å². The van der Waals surface area contributed by atoms with Gasteiger partial charge in [0.05, 0.1) is 24.6 Å². The third-order valence-corrected chi connectivity index (χ3v) is 5.47. The molecule has 1 heterocycles. The fourth-order valence-electron chi connectivity index (χ4n) is 3.10. The Kier molecular flexibility index (Phi) is 7.81. The van der Waals surface area contributed by atoms with Crippen LogP contribution in [-0.4, -0.2) is 40.9 Å². The molecule has 0 aliphatic heterocycles. The van der Waals surface area contributed by atoms with Crippen molar-refractivity contribution in [2.45, 2.75) is 53.0 Å². The van der Waals surface area contributed by atoms with Crippen LogP contribution in [0.25, 0.3) is 5.69 Å². The van der Waals surface area contributed by atoms with Crippen LogP contribution in [0.2, 0.25) is 0 Å². The predicted molar refractivity (Wildman–Crippen MR) is 116 cm³/mol. The van der Waals surface area contributed by atoms with E-state index in [1.54, 1.807) is 14.0 Å². The molecule has 166 valence electrons. The van der Waals surface area contributed by atoms with Crippen molar-refractivity contribution in [1.82, 2.24) is 15.1 Å². The lowest BCUT2D eigenvalue weighted by Crippen LogP contribution is -2.50. The Bertz CT molecular complexity index is 990. The Labute approximate surface area is 183 Å². The molecule has 0 radical (unpaired) electrons. The molecule has 2 aromatic rings. The van der Waals surface area contributed by atoms with Gasteiger partial charge >= 0.3 is 5.97 Å². The summed E-state index contributed by atoms with van der Waals surface area (Å²) in [7, 11) is 1.61. The molecule has 1 aromatic heterocycles. The molecule has 1 N–H and O–H groups in total. The summed E-state index contributed by atoms with van der Waals surface area (Å²) in [6.07, 6.45) is 0.572. The molecule has 0 saturated carbocycles. The monoisotopic (exact) mass is 426 g/mol. The number of nitrogens with one attached hydrogen (secondary N) is 1. The summed E-state index contributed by atoms with van der Waals surface area (Å²) in [5.74, 6) is -0.321. The minimum Gasteiger partial charge on any atom is -0.497 e. The second-order valence-corrected chi connectivity index (χ2v) is 7.94. The highest BCUT2D eigenvalue weighted by Crippen LogP contribution is 2.22. The maximum absolute atomic E-state index is 12.2. The molecule has 2 rings (SSSR count). The van der Waals surface area contributed by atoms with Crippen LogP contribution in [0.5, 0.6) is 5.75 Å². The first-order valence-corrected chi connectivity index (χ1v) is 10.2. The fourth-order valence-corrected chi connectivity index (χ4v) is 3.10. The van der Waals surface area contributed by atoms with E-state index in [1.807, 2.05) is 56.6 Å². The van der Waals surface area contributed by atoms with Crippen molar-refractivity contribution in [3.05, 3.63) is 41.2 Å². The molecule has 0 saturated heterocycles. The second kappa shape index (κ2) is 10.1. The molecule has 0 unspecified atom stereocenters. The molecular formula is C23H30N4O4. The zero-order chi connectivity index (χ0) is 23.2. The normalized spacial score (nSPS) is 12.7. The van der Waals surface area contributed by atoms with E-state index < -0.39 is 24.0 Å². The lowest BCUT2D eigenvalue weighted by molar-refractivity contribution is -0.149. The molecule has 8 nitrogen and oxygen atoms in total. The Morgan fingerprint density at radius 3 is 2.65 bits per heavy atom. The zero-order valence-corrected chi connectivity index (χ0v) is 19.0. The summed E-state index contributed by atoms with van der Waals surface area (Å²) in [6.45, 7) is 8.75. The number of benzene rings is 1. The van der Waals surface area contributed by atoms with Gasteiger partial charge in [-0.15, -0.1) is 0 Å². The van der Waals surface area contributed by atoms with E-state index in [9.17, 15) is 14.9 Å². The van der Waals surface area contributed by atoms with E-state index in [-0.39, 0.29) is 12.3 Å². The van der Waals surface area contributed by atoms with Crippen LogP contribution in [0.3, 0.4) is 0 Å². The molecule has 0 spiro atoms. The van der Waals surface area contributed by atoms with E-state index in [4.69, 9.17) is 9.47 Å². The van der Waals surface area contributed by atoms with Crippen LogP contribution in [0, 0.1) is 31.1 Å². The topological polar surface area (TPSA) is 106 Å². The highest BCUT2D eigenvalue weighted by atomic mass is 16.5. The second-order valence-electron chi connectivity index (χ2n) is 7.94. The first-order chi connectivity index (χ1) is 14.6. The minimum absolute atomic E-state index is 0.0794. The number of ether oxygens (including phenoxy) is 2. The van der Waals surface area contributed by atoms with Crippen molar-refractivity contribution in [2.75, 3.05) is 13.7 Å². The van der Waals surface area contributed by atoms with E-state index in [0.717, 1.165) is 28.4 Å². The van der Waals surface area contributed by atoms with Crippen LogP contribution in [-0.2, 0) is 20.7 Å².